The smallest absolute Gasteiger partial charge is 0.307 e. The number of aliphatic hydroxyl groups is 1. The van der Waals surface area contributed by atoms with Crippen LogP contribution in [0.25, 0.3) is 34.1 Å². The molecule has 4 aromatic rings. The number of anilines is 1. The monoisotopic (exact) mass is 687 g/mol. The third-order valence-corrected chi connectivity index (χ3v) is 8.86. The standard InChI is InChI=1S/C35H38FN3O4.C4H10O.C2H6/c1-4-27-23(2)28(21-32(40)41)34-38-15-13-35(3,14-16-38)43-18-7-5-6-17-42-31-12-11-26(36)20-29(31)24-9-8-10-25(19-24)30-22-39(34)33(27)37-30;1-4(2,3)5;1-2/h4,8-12,19-20,22H,1,5-7,13-18,21H2,2-3H3,(H,40,41);5H,1-3H3;1-2H3. The van der Waals surface area contributed by atoms with Gasteiger partial charge in [-0.05, 0) is 102 Å². The van der Waals surface area contributed by atoms with E-state index >= 15 is 0 Å². The number of halogens is 1. The quantitative estimate of drug-likeness (QED) is 0.222. The first-order valence-electron chi connectivity index (χ1n) is 17.8. The third kappa shape index (κ3) is 9.52. The molecule has 0 atom stereocenters. The molecule has 0 unspecified atom stereocenters. The van der Waals surface area contributed by atoms with Gasteiger partial charge in [-0.3, -0.25) is 9.20 Å². The Morgan fingerprint density at radius 1 is 1.06 bits per heavy atom. The molecule has 0 saturated carbocycles. The molecular formula is C41H54FN3O5. The Kier molecular flexibility index (Phi) is 12.9. The lowest BCUT2D eigenvalue weighted by Gasteiger charge is -2.41. The molecule has 50 heavy (non-hydrogen) atoms. The third-order valence-electron chi connectivity index (χ3n) is 8.86. The predicted octanol–water partition coefficient (Wildman–Crippen LogP) is 9.13. The lowest BCUT2D eigenvalue weighted by molar-refractivity contribution is -0.136. The highest BCUT2D eigenvalue weighted by atomic mass is 19.1. The fourth-order valence-corrected chi connectivity index (χ4v) is 6.38. The molecule has 7 rings (SSSR count). The second-order valence-electron chi connectivity index (χ2n) is 14.0. The number of rotatable bonds is 3. The first-order valence-corrected chi connectivity index (χ1v) is 17.8. The predicted molar refractivity (Wildman–Crippen MR) is 201 cm³/mol. The highest BCUT2D eigenvalue weighted by Gasteiger charge is 2.33. The Morgan fingerprint density at radius 3 is 2.38 bits per heavy atom. The summed E-state index contributed by atoms with van der Waals surface area (Å²) in [6.45, 7) is 20.1. The molecule has 3 aliphatic heterocycles. The minimum atomic E-state index is -0.883. The number of aliphatic carboxylic acids is 1. The second kappa shape index (κ2) is 16.7. The first kappa shape index (κ1) is 38.6. The average molecular weight is 688 g/mol. The van der Waals surface area contributed by atoms with E-state index in [4.69, 9.17) is 19.6 Å². The highest BCUT2D eigenvalue weighted by Crippen LogP contribution is 2.38. The van der Waals surface area contributed by atoms with Crippen molar-refractivity contribution in [3.05, 3.63) is 77.7 Å². The number of benzene rings is 2. The number of hydrogen-bond acceptors (Lipinski definition) is 6. The summed E-state index contributed by atoms with van der Waals surface area (Å²) in [5, 5.41) is 18.4. The van der Waals surface area contributed by atoms with Gasteiger partial charge in [-0.15, -0.1) is 0 Å². The molecule has 1 fully saturated rings. The summed E-state index contributed by atoms with van der Waals surface area (Å²) in [5.74, 6) is 0.285. The molecule has 270 valence electrons. The minimum absolute atomic E-state index is 0.104. The van der Waals surface area contributed by atoms with Gasteiger partial charge in [-0.25, -0.2) is 9.37 Å². The Bertz CT molecular complexity index is 1780. The van der Waals surface area contributed by atoms with E-state index in [0.717, 1.165) is 90.2 Å². The van der Waals surface area contributed by atoms with Gasteiger partial charge in [0.2, 0.25) is 0 Å². The van der Waals surface area contributed by atoms with E-state index in [1.165, 1.54) is 12.1 Å². The zero-order chi connectivity index (χ0) is 36.6. The topological polar surface area (TPSA) is 96.5 Å². The maximum Gasteiger partial charge on any atom is 0.307 e. The zero-order valence-electron chi connectivity index (χ0n) is 30.8. The molecule has 0 spiro atoms. The van der Waals surface area contributed by atoms with Gasteiger partial charge in [0.15, 0.2) is 0 Å². The van der Waals surface area contributed by atoms with Crippen LogP contribution in [0.1, 0.15) is 90.3 Å². The normalized spacial score (nSPS) is 15.9. The number of nitrogens with zero attached hydrogens (tertiary/aromatic N) is 3. The molecule has 0 aliphatic carbocycles. The van der Waals surface area contributed by atoms with Crippen LogP contribution >= 0.6 is 0 Å². The SMILES string of the molecule is C=Cc1c(C)c(CC(=O)O)c2n3cc(nc13)-c1cccc(c1)-c1cc(F)ccc1OCCCCCOC1(C)CCN2CC1.CC.CC(C)(C)O. The van der Waals surface area contributed by atoms with Crippen LogP contribution in [0.5, 0.6) is 5.75 Å². The van der Waals surface area contributed by atoms with E-state index in [1.54, 1.807) is 32.9 Å². The number of piperidine rings is 1. The Morgan fingerprint density at radius 2 is 1.72 bits per heavy atom. The zero-order valence-corrected chi connectivity index (χ0v) is 30.8. The Labute approximate surface area is 296 Å². The van der Waals surface area contributed by atoms with Crippen molar-refractivity contribution in [2.75, 3.05) is 31.2 Å². The van der Waals surface area contributed by atoms with Crippen LogP contribution < -0.4 is 9.64 Å². The summed E-state index contributed by atoms with van der Waals surface area (Å²) in [4.78, 5) is 19.4. The molecule has 6 bridgehead atoms. The number of imidazole rings is 1. The van der Waals surface area contributed by atoms with E-state index in [9.17, 15) is 14.3 Å². The molecular weight excluding hydrogens is 633 g/mol. The van der Waals surface area contributed by atoms with Gasteiger partial charge < -0.3 is 24.6 Å². The van der Waals surface area contributed by atoms with Crippen molar-refractivity contribution in [1.82, 2.24) is 9.38 Å². The van der Waals surface area contributed by atoms with E-state index in [2.05, 4.69) is 18.4 Å². The largest absolute Gasteiger partial charge is 0.493 e. The summed E-state index contributed by atoms with van der Waals surface area (Å²) in [6, 6.07) is 12.5. The fourth-order valence-electron chi connectivity index (χ4n) is 6.38. The molecule has 8 nitrogen and oxygen atoms in total. The lowest BCUT2D eigenvalue weighted by atomic mass is 9.92. The van der Waals surface area contributed by atoms with Crippen LogP contribution in [0.3, 0.4) is 0 Å². The minimum Gasteiger partial charge on any atom is -0.493 e. The second-order valence-corrected chi connectivity index (χ2v) is 14.0. The van der Waals surface area contributed by atoms with Crippen LogP contribution in [0.2, 0.25) is 0 Å². The molecule has 2 N–H and O–H groups in total. The van der Waals surface area contributed by atoms with Crippen LogP contribution in [0.15, 0.2) is 55.2 Å². The van der Waals surface area contributed by atoms with Crippen molar-refractivity contribution in [3.8, 4) is 28.1 Å². The number of carbonyl (C=O) groups is 1. The summed E-state index contributed by atoms with van der Waals surface area (Å²) in [5.41, 5.74) is 5.55. The maximum atomic E-state index is 14.5. The van der Waals surface area contributed by atoms with E-state index < -0.39 is 11.6 Å². The van der Waals surface area contributed by atoms with Crippen molar-refractivity contribution in [2.45, 2.75) is 98.2 Å². The van der Waals surface area contributed by atoms with Crippen LogP contribution in [-0.4, -0.2) is 63.1 Å². The van der Waals surface area contributed by atoms with Crippen molar-refractivity contribution in [2.24, 2.45) is 0 Å². The number of carboxylic acid groups (broad SMARTS) is 1. The van der Waals surface area contributed by atoms with E-state index in [1.807, 2.05) is 55.6 Å². The molecule has 2 aromatic heterocycles. The Hall–Kier alpha value is -4.21. The number of pyridine rings is 1. The summed E-state index contributed by atoms with van der Waals surface area (Å²) in [7, 11) is 0. The van der Waals surface area contributed by atoms with Gasteiger partial charge in [0.25, 0.3) is 0 Å². The number of carboxylic acids is 1. The van der Waals surface area contributed by atoms with Gasteiger partial charge in [0.05, 0.1) is 29.9 Å². The van der Waals surface area contributed by atoms with Crippen LogP contribution in [0.4, 0.5) is 10.2 Å². The van der Waals surface area contributed by atoms with Crippen molar-refractivity contribution >= 4 is 23.5 Å². The molecule has 9 heteroatoms. The highest BCUT2D eigenvalue weighted by molar-refractivity contribution is 5.82. The number of hydrogen-bond donors (Lipinski definition) is 2. The number of aromatic nitrogens is 2. The first-order chi connectivity index (χ1) is 23.8. The Balaban J connectivity index is 0.000000738. The van der Waals surface area contributed by atoms with Crippen LogP contribution in [0, 0.1) is 12.7 Å². The molecule has 1 saturated heterocycles. The summed E-state index contributed by atoms with van der Waals surface area (Å²) < 4.78 is 29.1. The van der Waals surface area contributed by atoms with Crippen LogP contribution in [-0.2, 0) is 16.0 Å². The molecule has 5 heterocycles. The molecule has 0 radical (unpaired) electrons. The van der Waals surface area contributed by atoms with Crippen molar-refractivity contribution in [1.29, 1.82) is 0 Å². The summed E-state index contributed by atoms with van der Waals surface area (Å²) in [6.07, 6.45) is 8.09. The lowest BCUT2D eigenvalue weighted by Crippen LogP contribution is -2.45. The van der Waals surface area contributed by atoms with Gasteiger partial charge in [0.1, 0.15) is 23.0 Å². The molecule has 0 amide bonds. The van der Waals surface area contributed by atoms with E-state index in [0.29, 0.717) is 24.5 Å². The number of ether oxygens (including phenoxy) is 2. The fraction of sp³-hybridized carbons (Fsp3) is 0.463. The number of fused-ring (bicyclic) bond motifs is 8. The van der Waals surface area contributed by atoms with Gasteiger partial charge in [0, 0.05) is 48.1 Å². The maximum absolute atomic E-state index is 14.5. The average Bonchev–Trinajstić information content (AvgIpc) is 3.50. The van der Waals surface area contributed by atoms with Gasteiger partial charge >= 0.3 is 5.97 Å². The van der Waals surface area contributed by atoms with Gasteiger partial charge in [-0.2, -0.15) is 0 Å². The van der Waals surface area contributed by atoms with E-state index in [-0.39, 0.29) is 17.8 Å². The van der Waals surface area contributed by atoms with Crippen molar-refractivity contribution in [3.63, 3.8) is 0 Å². The van der Waals surface area contributed by atoms with Gasteiger partial charge in [-0.1, -0.05) is 44.7 Å². The van der Waals surface area contributed by atoms with Crippen molar-refractivity contribution < 1.29 is 28.9 Å². The summed E-state index contributed by atoms with van der Waals surface area (Å²) >= 11 is 0. The molecule has 3 aliphatic rings. The molecule has 2 aromatic carbocycles.